The summed E-state index contributed by atoms with van der Waals surface area (Å²) in [5.74, 6) is -0.397. The lowest BCUT2D eigenvalue weighted by Crippen LogP contribution is -2.49. The zero-order valence-corrected chi connectivity index (χ0v) is 16.7. The molecule has 0 aliphatic carbocycles. The van der Waals surface area contributed by atoms with Crippen LogP contribution in [0.15, 0.2) is 29.4 Å². The number of amides is 4. The van der Waals surface area contributed by atoms with E-state index < -0.39 is 23.4 Å². The second-order valence-electron chi connectivity index (χ2n) is 6.60. The van der Waals surface area contributed by atoms with Gasteiger partial charge >= 0.3 is 6.03 Å². The predicted molar refractivity (Wildman–Crippen MR) is 104 cm³/mol. The molecule has 2 aromatic rings. The zero-order chi connectivity index (χ0) is 20.3. The first kappa shape index (κ1) is 19.9. The summed E-state index contributed by atoms with van der Waals surface area (Å²) in [5, 5.41) is 10.6. The number of hydrogen-bond donors (Lipinski definition) is 3. The molecule has 0 bridgehead atoms. The number of carbonyl (C=O) groups excluding carboxylic acids is 3. The molecule has 9 nitrogen and oxygen atoms in total. The average Bonchev–Trinajstić information content (AvgIpc) is 3.26. The molecule has 1 fully saturated rings. The molecule has 1 atom stereocenters. The monoisotopic (exact) mass is 402 g/mol. The van der Waals surface area contributed by atoms with Crippen molar-refractivity contribution < 1.29 is 14.4 Å². The Morgan fingerprint density at radius 1 is 1.25 bits per heavy atom. The quantitative estimate of drug-likeness (QED) is 0.480. The molecule has 10 heteroatoms. The molecule has 4 amide bonds. The maximum absolute atomic E-state index is 12.3. The number of thioether (sulfide) groups is 1. The zero-order valence-electron chi connectivity index (χ0n) is 15.9. The van der Waals surface area contributed by atoms with Crippen LogP contribution in [0.25, 0.3) is 11.4 Å². The van der Waals surface area contributed by atoms with Crippen LogP contribution in [0.2, 0.25) is 0 Å². The second-order valence-corrected chi connectivity index (χ2v) is 7.54. The van der Waals surface area contributed by atoms with Crippen molar-refractivity contribution >= 4 is 29.6 Å². The van der Waals surface area contributed by atoms with E-state index >= 15 is 0 Å². The number of H-pyrrole nitrogens is 1. The Hall–Kier alpha value is -2.88. The average molecular weight is 402 g/mol. The number of nitrogens with one attached hydrogen (secondary N) is 3. The van der Waals surface area contributed by atoms with Gasteiger partial charge in [-0.1, -0.05) is 49.9 Å². The summed E-state index contributed by atoms with van der Waals surface area (Å²) in [6.45, 7) is 5.50. The number of aromatic amines is 1. The molecular weight excluding hydrogens is 380 g/mol. The highest BCUT2D eigenvalue weighted by atomic mass is 32.2. The fourth-order valence-electron chi connectivity index (χ4n) is 2.65. The van der Waals surface area contributed by atoms with Gasteiger partial charge in [0.2, 0.25) is 11.1 Å². The van der Waals surface area contributed by atoms with Crippen LogP contribution in [0.4, 0.5) is 4.79 Å². The van der Waals surface area contributed by atoms with Gasteiger partial charge in [0.25, 0.3) is 5.91 Å². The molecule has 3 N–H and O–H groups in total. The minimum atomic E-state index is -0.997. The second kappa shape index (κ2) is 8.01. The van der Waals surface area contributed by atoms with E-state index in [1.807, 2.05) is 24.3 Å². The summed E-state index contributed by atoms with van der Waals surface area (Å²) < 4.78 is 0. The van der Waals surface area contributed by atoms with Crippen molar-refractivity contribution in [2.45, 2.75) is 44.3 Å². The number of hydrazine groups is 1. The van der Waals surface area contributed by atoms with Gasteiger partial charge in [-0.2, -0.15) is 5.01 Å². The van der Waals surface area contributed by atoms with Crippen molar-refractivity contribution in [3.63, 3.8) is 0 Å². The summed E-state index contributed by atoms with van der Waals surface area (Å²) in [4.78, 5) is 40.7. The summed E-state index contributed by atoms with van der Waals surface area (Å²) in [6, 6.07) is 7.34. The minimum Gasteiger partial charge on any atom is -0.322 e. The lowest BCUT2D eigenvalue weighted by Gasteiger charge is -2.19. The van der Waals surface area contributed by atoms with Crippen LogP contribution >= 0.6 is 11.8 Å². The summed E-state index contributed by atoms with van der Waals surface area (Å²) >= 11 is 1.11. The number of aromatic nitrogens is 3. The third kappa shape index (κ3) is 4.01. The Morgan fingerprint density at radius 2 is 1.96 bits per heavy atom. The molecule has 148 valence electrons. The maximum Gasteiger partial charge on any atom is 0.344 e. The van der Waals surface area contributed by atoms with Gasteiger partial charge in [0.15, 0.2) is 5.82 Å². The van der Waals surface area contributed by atoms with Crippen molar-refractivity contribution in [1.29, 1.82) is 0 Å². The normalized spacial score (nSPS) is 19.0. The van der Waals surface area contributed by atoms with Gasteiger partial charge in [0.05, 0.1) is 5.75 Å². The summed E-state index contributed by atoms with van der Waals surface area (Å²) in [6.07, 6.45) is 1.39. The van der Waals surface area contributed by atoms with Gasteiger partial charge in [-0.15, -0.1) is 5.10 Å². The van der Waals surface area contributed by atoms with Crippen molar-refractivity contribution in [3.8, 4) is 11.4 Å². The number of imide groups is 1. The topological polar surface area (TPSA) is 120 Å². The van der Waals surface area contributed by atoms with Gasteiger partial charge in [0, 0.05) is 5.56 Å². The van der Waals surface area contributed by atoms with Crippen LogP contribution in [0.3, 0.4) is 0 Å². The molecule has 1 unspecified atom stereocenters. The van der Waals surface area contributed by atoms with Crippen LogP contribution in [-0.4, -0.2) is 49.3 Å². The summed E-state index contributed by atoms with van der Waals surface area (Å²) in [7, 11) is 0. The highest BCUT2D eigenvalue weighted by Crippen LogP contribution is 2.21. The molecule has 0 saturated carbocycles. The predicted octanol–water partition coefficient (Wildman–Crippen LogP) is 1.88. The first-order valence-corrected chi connectivity index (χ1v) is 9.95. The molecule has 1 aromatic heterocycles. The van der Waals surface area contributed by atoms with Gasteiger partial charge in [0.1, 0.15) is 5.54 Å². The number of hydrogen-bond acceptors (Lipinski definition) is 6. The number of carbonyl (C=O) groups is 3. The fraction of sp³-hybridized carbons (Fsp3) is 0.389. The van der Waals surface area contributed by atoms with Gasteiger partial charge in [-0.05, 0) is 25.3 Å². The lowest BCUT2D eigenvalue weighted by atomic mass is 10.00. The molecule has 1 saturated heterocycles. The highest BCUT2D eigenvalue weighted by molar-refractivity contribution is 7.99. The molecule has 28 heavy (non-hydrogen) atoms. The van der Waals surface area contributed by atoms with Crippen LogP contribution in [0, 0.1) is 0 Å². The van der Waals surface area contributed by atoms with E-state index in [2.05, 4.69) is 32.8 Å². The SMILES string of the molecule is CCc1ccc(-c2nc(SCC(=O)NN3C(=O)NC(C)(CC)C3=O)n[nH]2)cc1. The van der Waals surface area contributed by atoms with E-state index in [-0.39, 0.29) is 5.75 Å². The highest BCUT2D eigenvalue weighted by Gasteiger charge is 2.47. The first-order chi connectivity index (χ1) is 13.4. The molecule has 2 heterocycles. The van der Waals surface area contributed by atoms with Gasteiger partial charge < -0.3 is 5.32 Å². The molecule has 1 aromatic carbocycles. The number of nitrogens with zero attached hydrogens (tertiary/aromatic N) is 3. The van der Waals surface area contributed by atoms with E-state index in [0.717, 1.165) is 28.8 Å². The van der Waals surface area contributed by atoms with E-state index in [9.17, 15) is 14.4 Å². The number of urea groups is 1. The van der Waals surface area contributed by atoms with E-state index in [0.29, 0.717) is 17.4 Å². The van der Waals surface area contributed by atoms with Crippen LogP contribution in [0.5, 0.6) is 0 Å². The Morgan fingerprint density at radius 3 is 2.57 bits per heavy atom. The van der Waals surface area contributed by atoms with Gasteiger partial charge in [-0.3, -0.25) is 20.1 Å². The fourth-order valence-corrected chi connectivity index (χ4v) is 3.24. The smallest absolute Gasteiger partial charge is 0.322 e. The third-order valence-corrected chi connectivity index (χ3v) is 5.48. The summed E-state index contributed by atoms with van der Waals surface area (Å²) in [5.41, 5.74) is 3.47. The van der Waals surface area contributed by atoms with Gasteiger partial charge in [-0.25, -0.2) is 9.78 Å². The Bertz CT molecular complexity index is 897. The Labute approximate surface area is 166 Å². The Kier molecular flexibility index (Phi) is 5.68. The van der Waals surface area contributed by atoms with Crippen LogP contribution < -0.4 is 10.7 Å². The molecule has 0 spiro atoms. The van der Waals surface area contributed by atoms with Crippen molar-refractivity contribution in [2.75, 3.05) is 5.75 Å². The molecular formula is C18H22N6O3S. The van der Waals surface area contributed by atoms with Crippen molar-refractivity contribution in [3.05, 3.63) is 29.8 Å². The Balaban J connectivity index is 1.56. The number of benzene rings is 1. The van der Waals surface area contributed by atoms with E-state index in [1.54, 1.807) is 13.8 Å². The molecule has 1 aliphatic rings. The number of aryl methyl sites for hydroxylation is 1. The first-order valence-electron chi connectivity index (χ1n) is 8.97. The largest absolute Gasteiger partial charge is 0.344 e. The molecule has 1 aliphatic heterocycles. The van der Waals surface area contributed by atoms with E-state index in [1.165, 1.54) is 5.56 Å². The van der Waals surface area contributed by atoms with E-state index in [4.69, 9.17) is 0 Å². The standard InChI is InChI=1S/C18H22N6O3S/c1-4-11-6-8-12(9-7-11)14-19-16(22-21-14)28-10-13(25)23-24-15(26)18(3,5-2)20-17(24)27/h6-9H,4-5,10H2,1-3H3,(H,20,27)(H,23,25)(H,19,21,22). The van der Waals surface area contributed by atoms with Crippen molar-refractivity contribution in [1.82, 2.24) is 30.9 Å². The number of rotatable bonds is 7. The molecule has 3 rings (SSSR count). The maximum atomic E-state index is 12.3. The molecule has 0 radical (unpaired) electrons. The van der Waals surface area contributed by atoms with Crippen LogP contribution in [0.1, 0.15) is 32.8 Å². The van der Waals surface area contributed by atoms with Crippen molar-refractivity contribution in [2.24, 2.45) is 0 Å². The third-order valence-electron chi connectivity index (χ3n) is 4.64. The minimum absolute atomic E-state index is 0.0357. The van der Waals surface area contributed by atoms with Crippen LogP contribution in [-0.2, 0) is 16.0 Å². The lowest BCUT2D eigenvalue weighted by molar-refractivity contribution is -0.137.